The van der Waals surface area contributed by atoms with E-state index in [-0.39, 0.29) is 16.9 Å². The van der Waals surface area contributed by atoms with Crippen LogP contribution in [0.3, 0.4) is 0 Å². The minimum absolute atomic E-state index is 0.255. The minimum atomic E-state index is -4.48. The molecule has 1 aliphatic heterocycles. The van der Waals surface area contributed by atoms with Gasteiger partial charge >= 0.3 is 12.1 Å². The average Bonchev–Trinajstić information content (AvgIpc) is 3.63. The highest BCUT2D eigenvalue weighted by Gasteiger charge is 2.33. The molecule has 0 saturated heterocycles. The number of aryl methyl sites for hydroxylation is 1. The molecule has 1 aliphatic carbocycles. The predicted octanol–water partition coefficient (Wildman–Crippen LogP) is 6.38. The van der Waals surface area contributed by atoms with Gasteiger partial charge in [0, 0.05) is 17.2 Å². The molecular weight excluding hydrogens is 589 g/mol. The Labute approximate surface area is 252 Å². The first kappa shape index (κ1) is 27.8. The Morgan fingerprint density at radius 1 is 1.02 bits per heavy atom. The van der Waals surface area contributed by atoms with Crippen molar-refractivity contribution in [2.24, 2.45) is 4.99 Å². The number of hydrogen-bond acceptors (Lipinski definition) is 6. The molecule has 2 aromatic heterocycles. The molecule has 220 valence electrons. The summed E-state index contributed by atoms with van der Waals surface area (Å²) in [5.74, 6) is 0.136. The predicted molar refractivity (Wildman–Crippen MR) is 160 cm³/mol. The molecule has 0 radical (unpaired) electrons. The Bertz CT molecular complexity index is 2150. The van der Waals surface area contributed by atoms with Crippen LogP contribution in [0, 0.1) is 0 Å². The van der Waals surface area contributed by atoms with Gasteiger partial charge in [-0.25, -0.2) is 9.79 Å². The fourth-order valence-corrected chi connectivity index (χ4v) is 6.79. The van der Waals surface area contributed by atoms with Gasteiger partial charge in [0.2, 0.25) is 0 Å². The number of carbonyl (C=O) groups excluding carboxylic acids is 1. The molecule has 7 rings (SSSR count). The Morgan fingerprint density at radius 3 is 2.59 bits per heavy atom. The van der Waals surface area contributed by atoms with Crippen molar-refractivity contribution in [1.82, 2.24) is 4.57 Å². The van der Waals surface area contributed by atoms with Crippen molar-refractivity contribution in [1.29, 1.82) is 0 Å². The summed E-state index contributed by atoms with van der Waals surface area (Å²) < 4.78 is 52.5. The number of benzene rings is 3. The van der Waals surface area contributed by atoms with Crippen LogP contribution in [0.15, 0.2) is 105 Å². The number of carbonyl (C=O) groups is 1. The second-order valence-electron chi connectivity index (χ2n) is 10.5. The summed E-state index contributed by atoms with van der Waals surface area (Å²) in [5.41, 5.74) is 4.54. The van der Waals surface area contributed by atoms with Crippen LogP contribution in [0.4, 0.5) is 13.2 Å². The van der Waals surface area contributed by atoms with Gasteiger partial charge in [-0.15, -0.1) is 0 Å². The van der Waals surface area contributed by atoms with Gasteiger partial charge in [-0.1, -0.05) is 59.9 Å². The topological polar surface area (TPSA) is 73.8 Å². The monoisotopic (exact) mass is 612 g/mol. The Morgan fingerprint density at radius 2 is 1.82 bits per heavy atom. The Kier molecular flexibility index (Phi) is 6.73. The summed E-state index contributed by atoms with van der Waals surface area (Å²) >= 11 is 1.22. The van der Waals surface area contributed by atoms with Crippen molar-refractivity contribution in [3.8, 4) is 11.3 Å². The normalized spacial score (nSPS) is 16.2. The molecule has 3 heterocycles. The molecule has 0 amide bonds. The van der Waals surface area contributed by atoms with Crippen LogP contribution in [0.5, 0.6) is 0 Å². The molecule has 5 aromatic rings. The van der Waals surface area contributed by atoms with Crippen molar-refractivity contribution in [3.05, 3.63) is 144 Å². The van der Waals surface area contributed by atoms with E-state index in [0.29, 0.717) is 27.1 Å². The lowest BCUT2D eigenvalue weighted by Gasteiger charge is -2.30. The molecule has 3 aromatic carbocycles. The molecule has 44 heavy (non-hydrogen) atoms. The third-order valence-corrected chi connectivity index (χ3v) is 8.88. The third kappa shape index (κ3) is 4.81. The van der Waals surface area contributed by atoms with Crippen molar-refractivity contribution in [3.63, 3.8) is 0 Å². The van der Waals surface area contributed by atoms with Crippen molar-refractivity contribution < 1.29 is 27.1 Å². The average molecular weight is 613 g/mol. The van der Waals surface area contributed by atoms with Crippen LogP contribution >= 0.6 is 11.3 Å². The standard InChI is InChI=1S/C34H23F3N2O4S/c1-42-32(41)21-11-9-20(10-12-21)30-26-15-13-19-5-2-3-8-25(19)29(26)38-33-39(30)31(40)28(44-33)18-24-14-16-27(43-24)22-6-4-7-23(17-22)34(35,36)37/h2-12,14,16-18,30H,13,15H2,1H3/b28-18-. The molecule has 0 fully saturated rings. The SMILES string of the molecule is COC(=O)c1ccc(C2C3=C(N=c4s/c(=C\c5ccc(-c6cccc(C(F)(F)F)c6)o5)c(=O)n42)c2ccccc2CC3)cc1. The van der Waals surface area contributed by atoms with Gasteiger partial charge in [-0.3, -0.25) is 9.36 Å². The summed E-state index contributed by atoms with van der Waals surface area (Å²) in [7, 11) is 1.33. The zero-order valence-corrected chi connectivity index (χ0v) is 24.0. The van der Waals surface area contributed by atoms with E-state index in [1.54, 1.807) is 41.0 Å². The van der Waals surface area contributed by atoms with Gasteiger partial charge in [0.1, 0.15) is 11.5 Å². The lowest BCUT2D eigenvalue weighted by atomic mass is 9.83. The van der Waals surface area contributed by atoms with E-state index >= 15 is 0 Å². The number of rotatable bonds is 4. The molecule has 1 unspecified atom stereocenters. The van der Waals surface area contributed by atoms with Crippen LogP contribution in [0.2, 0.25) is 0 Å². The maximum atomic E-state index is 14.0. The number of alkyl halides is 3. The first-order valence-electron chi connectivity index (χ1n) is 13.8. The molecule has 0 N–H and O–H groups in total. The summed E-state index contributed by atoms with van der Waals surface area (Å²) in [6.07, 6.45) is -1.37. The molecule has 0 bridgehead atoms. The maximum Gasteiger partial charge on any atom is 0.416 e. The van der Waals surface area contributed by atoms with Gasteiger partial charge in [-0.05, 0) is 65.9 Å². The fourth-order valence-electron chi connectivity index (χ4n) is 5.81. The lowest BCUT2D eigenvalue weighted by Crippen LogP contribution is -2.38. The van der Waals surface area contributed by atoms with E-state index in [1.807, 2.05) is 30.3 Å². The summed E-state index contributed by atoms with van der Waals surface area (Å²) in [5, 5.41) is 0. The van der Waals surface area contributed by atoms with E-state index in [2.05, 4.69) is 6.07 Å². The number of thiazole rings is 1. The van der Waals surface area contributed by atoms with Crippen LogP contribution in [-0.2, 0) is 17.3 Å². The number of furan rings is 1. The third-order valence-electron chi connectivity index (χ3n) is 7.90. The molecule has 6 nitrogen and oxygen atoms in total. The number of nitrogens with zero attached hydrogens (tertiary/aromatic N) is 2. The van der Waals surface area contributed by atoms with Gasteiger partial charge in [-0.2, -0.15) is 13.2 Å². The van der Waals surface area contributed by atoms with Crippen molar-refractivity contribution in [2.45, 2.75) is 25.1 Å². The number of methoxy groups -OCH3 is 1. The Balaban J connectivity index is 1.35. The van der Waals surface area contributed by atoms with E-state index in [4.69, 9.17) is 14.1 Å². The number of hydrogen-bond donors (Lipinski definition) is 0. The van der Waals surface area contributed by atoms with E-state index in [9.17, 15) is 22.8 Å². The van der Waals surface area contributed by atoms with Crippen LogP contribution < -0.4 is 14.9 Å². The van der Waals surface area contributed by atoms with Crippen LogP contribution in [0.25, 0.3) is 23.1 Å². The highest BCUT2D eigenvalue weighted by Crippen LogP contribution is 2.41. The number of aromatic nitrogens is 1. The number of esters is 1. The molecule has 0 saturated carbocycles. The first-order chi connectivity index (χ1) is 21.2. The highest BCUT2D eigenvalue weighted by molar-refractivity contribution is 7.07. The second kappa shape index (κ2) is 10.6. The van der Waals surface area contributed by atoms with Gasteiger partial charge in [0.25, 0.3) is 5.56 Å². The number of halogens is 3. The quantitative estimate of drug-likeness (QED) is 0.221. The smallest absolute Gasteiger partial charge is 0.416 e. The lowest BCUT2D eigenvalue weighted by molar-refractivity contribution is -0.137. The molecule has 2 aliphatic rings. The van der Waals surface area contributed by atoms with Crippen molar-refractivity contribution in [2.75, 3.05) is 7.11 Å². The number of fused-ring (bicyclic) bond motifs is 3. The van der Waals surface area contributed by atoms with Gasteiger partial charge in [0.15, 0.2) is 4.80 Å². The van der Waals surface area contributed by atoms with E-state index in [1.165, 1.54) is 30.1 Å². The fraction of sp³-hybridized carbons (Fsp3) is 0.147. The Hall–Kier alpha value is -4.96. The van der Waals surface area contributed by atoms with E-state index < -0.39 is 23.8 Å². The molecule has 0 spiro atoms. The molecule has 10 heteroatoms. The van der Waals surface area contributed by atoms with Crippen LogP contribution in [0.1, 0.15) is 50.8 Å². The van der Waals surface area contributed by atoms with Gasteiger partial charge in [0.05, 0.1) is 34.5 Å². The summed E-state index contributed by atoms with van der Waals surface area (Å²) in [4.78, 5) is 31.6. The second-order valence-corrected chi connectivity index (χ2v) is 11.5. The zero-order chi connectivity index (χ0) is 30.6. The van der Waals surface area contributed by atoms with E-state index in [0.717, 1.165) is 41.0 Å². The largest absolute Gasteiger partial charge is 0.465 e. The molecular formula is C34H23F3N2O4S. The number of ether oxygens (including phenoxy) is 1. The van der Waals surface area contributed by atoms with Gasteiger partial charge < -0.3 is 9.15 Å². The van der Waals surface area contributed by atoms with Crippen LogP contribution in [-0.4, -0.2) is 17.6 Å². The zero-order valence-electron chi connectivity index (χ0n) is 23.2. The first-order valence-corrected chi connectivity index (χ1v) is 14.6. The summed E-state index contributed by atoms with van der Waals surface area (Å²) in [6.45, 7) is 0. The summed E-state index contributed by atoms with van der Waals surface area (Å²) in [6, 6.07) is 22.8. The molecule has 1 atom stereocenters. The van der Waals surface area contributed by atoms with Crippen molar-refractivity contribution >= 4 is 29.1 Å². The highest BCUT2D eigenvalue weighted by atomic mass is 32.1. The number of allylic oxidation sites excluding steroid dienone is 1. The minimum Gasteiger partial charge on any atom is -0.465 e. The maximum absolute atomic E-state index is 14.0.